The lowest BCUT2D eigenvalue weighted by atomic mass is 10.0. The molecule has 3 N–H and O–H groups in total. The van der Waals surface area contributed by atoms with Crippen LogP contribution in [0.15, 0.2) is 24.3 Å². The molecule has 0 spiro atoms. The fourth-order valence-corrected chi connectivity index (χ4v) is 4.53. The molecule has 2 amide bonds. The van der Waals surface area contributed by atoms with Crippen molar-refractivity contribution < 1.29 is 27.8 Å². The number of anilines is 3. The van der Waals surface area contributed by atoms with Gasteiger partial charge in [0.05, 0.1) is 25.0 Å². The molecule has 202 valence electrons. The van der Waals surface area contributed by atoms with Gasteiger partial charge in [-0.2, -0.15) is 18.2 Å². The van der Waals surface area contributed by atoms with E-state index < -0.39 is 30.7 Å². The van der Waals surface area contributed by atoms with E-state index in [4.69, 9.17) is 4.74 Å². The molecular formula is C25H33F3N6O3. The van der Waals surface area contributed by atoms with Crippen LogP contribution < -0.4 is 15.5 Å². The van der Waals surface area contributed by atoms with E-state index in [9.17, 15) is 23.1 Å². The van der Waals surface area contributed by atoms with Crippen LogP contribution in [0.25, 0.3) is 11.3 Å². The molecule has 3 heterocycles. The van der Waals surface area contributed by atoms with E-state index in [0.29, 0.717) is 56.6 Å². The first-order valence-corrected chi connectivity index (χ1v) is 12.4. The second kappa shape index (κ2) is 11.5. The summed E-state index contributed by atoms with van der Waals surface area (Å²) in [6, 6.07) is 6.89. The van der Waals surface area contributed by atoms with E-state index in [2.05, 4.69) is 25.5 Å². The van der Waals surface area contributed by atoms with Crippen molar-refractivity contribution >= 4 is 23.5 Å². The van der Waals surface area contributed by atoms with Crippen LogP contribution in [0, 0.1) is 12.8 Å². The molecule has 9 nitrogen and oxygen atoms in total. The Hall–Kier alpha value is -3.12. The molecule has 2 atom stereocenters. The zero-order chi connectivity index (χ0) is 26.6. The number of ether oxygens (including phenoxy) is 1. The van der Waals surface area contributed by atoms with Gasteiger partial charge in [-0.3, -0.25) is 0 Å². The second-order valence-corrected chi connectivity index (χ2v) is 9.64. The summed E-state index contributed by atoms with van der Waals surface area (Å²) in [6.07, 6.45) is -5.36. The third kappa shape index (κ3) is 7.45. The quantitative estimate of drug-likeness (QED) is 0.507. The standard InChI is InChI=1S/C25H33F3N6O3/c1-16-3-4-19(30-24(36)34-6-5-18(15-34)13-25(26,27)28)11-20(16)21-12-22(33-7-9-37-10-8-33)32-23(31-21)29-14-17(2)35/h3-4,11-12,17-18,35H,5-10,13-15H2,1-2H3,(H,30,36)(H,29,31,32)/t17-,18-/m0/s1. The van der Waals surface area contributed by atoms with Crippen molar-refractivity contribution in [3.8, 4) is 11.3 Å². The zero-order valence-electron chi connectivity index (χ0n) is 21.0. The van der Waals surface area contributed by atoms with Crippen LogP contribution in [0.3, 0.4) is 0 Å². The van der Waals surface area contributed by atoms with Gasteiger partial charge in [0.25, 0.3) is 0 Å². The van der Waals surface area contributed by atoms with E-state index >= 15 is 0 Å². The first-order valence-electron chi connectivity index (χ1n) is 12.4. The molecule has 1 aromatic carbocycles. The molecule has 1 aromatic heterocycles. The number of nitrogens with one attached hydrogen (secondary N) is 2. The lowest BCUT2D eigenvalue weighted by Crippen LogP contribution is -2.37. The topological polar surface area (TPSA) is 103 Å². The van der Waals surface area contributed by atoms with Crippen LogP contribution in [0.5, 0.6) is 0 Å². The second-order valence-electron chi connectivity index (χ2n) is 9.64. The van der Waals surface area contributed by atoms with E-state index in [1.165, 1.54) is 4.90 Å². The van der Waals surface area contributed by atoms with Crippen LogP contribution in [0.2, 0.25) is 0 Å². The Labute approximate surface area is 214 Å². The van der Waals surface area contributed by atoms with Crippen LogP contribution >= 0.6 is 0 Å². The fraction of sp³-hybridized carbons (Fsp3) is 0.560. The molecule has 0 radical (unpaired) electrons. The predicted octanol–water partition coefficient (Wildman–Crippen LogP) is 3.89. The number of rotatable bonds is 7. The number of aryl methyl sites for hydroxylation is 1. The third-order valence-corrected chi connectivity index (χ3v) is 6.46. The SMILES string of the molecule is Cc1ccc(NC(=O)N2CC[C@@H](CC(F)(F)F)C2)cc1-c1cc(N2CCOCC2)nc(NC[C@H](C)O)n1. The number of benzene rings is 1. The minimum Gasteiger partial charge on any atom is -0.392 e. The Bertz CT molecular complexity index is 1090. The summed E-state index contributed by atoms with van der Waals surface area (Å²) in [4.78, 5) is 25.6. The summed E-state index contributed by atoms with van der Waals surface area (Å²) in [6.45, 7) is 6.82. The molecule has 0 saturated carbocycles. The number of morpholine rings is 1. The number of halogens is 3. The van der Waals surface area contributed by atoms with Crippen LogP contribution in [0.4, 0.5) is 35.4 Å². The van der Waals surface area contributed by atoms with E-state index in [1.807, 2.05) is 19.1 Å². The Morgan fingerprint density at radius 1 is 1.22 bits per heavy atom. The number of alkyl halides is 3. The van der Waals surface area contributed by atoms with Gasteiger partial charge < -0.3 is 30.3 Å². The van der Waals surface area contributed by atoms with Gasteiger partial charge in [-0.25, -0.2) is 9.78 Å². The first kappa shape index (κ1) is 26.9. The summed E-state index contributed by atoms with van der Waals surface area (Å²) in [5.41, 5.74) is 2.88. The Balaban J connectivity index is 1.54. The maximum atomic E-state index is 12.8. The zero-order valence-corrected chi connectivity index (χ0v) is 21.0. The van der Waals surface area contributed by atoms with Gasteiger partial charge in [-0.15, -0.1) is 0 Å². The normalized spacial score (nSPS) is 19.1. The number of aromatic nitrogens is 2. The average molecular weight is 523 g/mol. The highest BCUT2D eigenvalue weighted by Crippen LogP contribution is 2.32. The Kier molecular flexibility index (Phi) is 8.38. The van der Waals surface area contributed by atoms with Gasteiger partial charge >= 0.3 is 12.2 Å². The highest BCUT2D eigenvalue weighted by molar-refractivity contribution is 5.90. The first-order chi connectivity index (χ1) is 17.6. The number of nitrogens with zero attached hydrogens (tertiary/aromatic N) is 4. The number of urea groups is 1. The number of hydrogen-bond acceptors (Lipinski definition) is 7. The maximum Gasteiger partial charge on any atom is 0.389 e. The minimum atomic E-state index is -4.23. The van der Waals surface area contributed by atoms with Crippen LogP contribution in [0.1, 0.15) is 25.3 Å². The van der Waals surface area contributed by atoms with Crippen molar-refractivity contribution in [1.82, 2.24) is 14.9 Å². The summed E-state index contributed by atoms with van der Waals surface area (Å²) < 4.78 is 43.7. The molecular weight excluding hydrogens is 489 g/mol. The minimum absolute atomic E-state index is 0.0805. The number of carbonyl (C=O) groups is 1. The van der Waals surface area contributed by atoms with Gasteiger partial charge in [0, 0.05) is 56.5 Å². The molecule has 2 aromatic rings. The molecule has 2 saturated heterocycles. The molecule has 2 aliphatic rings. The molecule has 37 heavy (non-hydrogen) atoms. The van der Waals surface area contributed by atoms with Crippen LogP contribution in [-0.2, 0) is 4.74 Å². The highest BCUT2D eigenvalue weighted by atomic mass is 19.4. The van der Waals surface area contributed by atoms with E-state index in [0.717, 1.165) is 16.9 Å². The largest absolute Gasteiger partial charge is 0.392 e. The Morgan fingerprint density at radius 3 is 2.68 bits per heavy atom. The monoisotopic (exact) mass is 522 g/mol. The predicted molar refractivity (Wildman–Crippen MR) is 135 cm³/mol. The molecule has 0 unspecified atom stereocenters. The van der Waals surface area contributed by atoms with Crippen molar-refractivity contribution in [3.05, 3.63) is 29.8 Å². The van der Waals surface area contributed by atoms with Crippen molar-refractivity contribution in [1.29, 1.82) is 0 Å². The van der Waals surface area contributed by atoms with Gasteiger partial charge in [-0.1, -0.05) is 6.07 Å². The summed E-state index contributed by atoms with van der Waals surface area (Å²) in [5, 5.41) is 15.6. The fourth-order valence-electron chi connectivity index (χ4n) is 4.53. The van der Waals surface area contributed by atoms with Crippen molar-refractivity contribution in [2.75, 3.05) is 61.5 Å². The van der Waals surface area contributed by atoms with Gasteiger partial charge in [0.15, 0.2) is 0 Å². The number of aliphatic hydroxyl groups excluding tert-OH is 1. The molecule has 0 aliphatic carbocycles. The number of hydrogen-bond donors (Lipinski definition) is 3. The Morgan fingerprint density at radius 2 is 1.97 bits per heavy atom. The van der Waals surface area contributed by atoms with Crippen molar-refractivity contribution in [3.63, 3.8) is 0 Å². The van der Waals surface area contributed by atoms with Gasteiger partial charge in [0.2, 0.25) is 5.95 Å². The molecule has 2 fully saturated rings. The summed E-state index contributed by atoms with van der Waals surface area (Å²) in [7, 11) is 0. The molecule has 0 bridgehead atoms. The lowest BCUT2D eigenvalue weighted by molar-refractivity contribution is -0.143. The van der Waals surface area contributed by atoms with E-state index in [1.54, 1.807) is 19.1 Å². The van der Waals surface area contributed by atoms with Gasteiger partial charge in [0.1, 0.15) is 5.82 Å². The van der Waals surface area contributed by atoms with Crippen LogP contribution in [-0.4, -0.2) is 84.2 Å². The highest BCUT2D eigenvalue weighted by Gasteiger charge is 2.36. The molecule has 12 heteroatoms. The molecule has 2 aliphatic heterocycles. The molecule has 4 rings (SSSR count). The number of carbonyl (C=O) groups excluding carboxylic acids is 1. The van der Waals surface area contributed by atoms with Crippen molar-refractivity contribution in [2.24, 2.45) is 5.92 Å². The van der Waals surface area contributed by atoms with Gasteiger partial charge in [-0.05, 0) is 43.9 Å². The number of aliphatic hydroxyl groups is 1. The number of amides is 2. The van der Waals surface area contributed by atoms with E-state index in [-0.39, 0.29) is 13.1 Å². The smallest absolute Gasteiger partial charge is 0.389 e. The lowest BCUT2D eigenvalue weighted by Gasteiger charge is -2.28. The number of likely N-dealkylation sites (tertiary alicyclic amines) is 1. The summed E-state index contributed by atoms with van der Waals surface area (Å²) >= 11 is 0. The van der Waals surface area contributed by atoms with Crippen molar-refractivity contribution in [2.45, 2.75) is 39.0 Å². The third-order valence-electron chi connectivity index (χ3n) is 6.46. The maximum absolute atomic E-state index is 12.8. The average Bonchev–Trinajstić information content (AvgIpc) is 3.31. The summed E-state index contributed by atoms with van der Waals surface area (Å²) in [5.74, 6) is 0.524.